The smallest absolute Gasteiger partial charge is 0.272 e. The van der Waals surface area contributed by atoms with Crippen LogP contribution >= 0.6 is 0 Å². The molecular formula is C13H14N6O. The van der Waals surface area contributed by atoms with Gasteiger partial charge >= 0.3 is 0 Å². The average molecular weight is 270 g/mol. The second-order valence-electron chi connectivity index (χ2n) is 4.03. The number of nitrogens with two attached hydrogens (primary N) is 1. The SMILES string of the molecule is CN(Cc1ncn[nH]1)C(=O)c1ccc(C#CCN)cn1. The first-order valence-electron chi connectivity index (χ1n) is 5.95. The number of aromatic amines is 1. The molecule has 0 saturated carbocycles. The maximum Gasteiger partial charge on any atom is 0.272 e. The Labute approximate surface area is 116 Å². The summed E-state index contributed by atoms with van der Waals surface area (Å²) in [6.07, 6.45) is 2.95. The summed E-state index contributed by atoms with van der Waals surface area (Å²) < 4.78 is 0. The fourth-order valence-electron chi connectivity index (χ4n) is 1.55. The molecule has 0 atom stereocenters. The third-order valence-electron chi connectivity index (χ3n) is 2.52. The Kier molecular flexibility index (Phi) is 4.42. The standard InChI is InChI=1S/C13H14N6O/c1-19(8-12-16-9-17-18-12)13(20)11-5-4-10(7-15-11)3-2-6-14/h4-5,7,9H,6,8,14H2,1H3,(H,16,17,18). The van der Waals surface area contributed by atoms with Gasteiger partial charge in [0.1, 0.15) is 17.8 Å². The number of rotatable bonds is 3. The first-order valence-corrected chi connectivity index (χ1v) is 5.95. The molecule has 7 nitrogen and oxygen atoms in total. The molecule has 0 aliphatic carbocycles. The molecule has 0 bridgehead atoms. The number of pyridine rings is 1. The molecule has 0 unspecified atom stereocenters. The normalized spacial score (nSPS) is 9.70. The fourth-order valence-corrected chi connectivity index (χ4v) is 1.55. The van der Waals surface area contributed by atoms with Crippen LogP contribution in [0.3, 0.4) is 0 Å². The van der Waals surface area contributed by atoms with Crippen molar-refractivity contribution in [2.75, 3.05) is 13.6 Å². The third kappa shape index (κ3) is 3.40. The van der Waals surface area contributed by atoms with E-state index in [-0.39, 0.29) is 5.91 Å². The van der Waals surface area contributed by atoms with Crippen molar-refractivity contribution in [3.05, 3.63) is 41.7 Å². The second-order valence-corrected chi connectivity index (χ2v) is 4.03. The number of hydrogen-bond donors (Lipinski definition) is 2. The summed E-state index contributed by atoms with van der Waals surface area (Å²) in [7, 11) is 1.68. The summed E-state index contributed by atoms with van der Waals surface area (Å²) in [6.45, 7) is 0.635. The van der Waals surface area contributed by atoms with Gasteiger partial charge in [-0.25, -0.2) is 9.97 Å². The van der Waals surface area contributed by atoms with Crippen molar-refractivity contribution in [2.24, 2.45) is 5.73 Å². The molecule has 0 aliphatic rings. The van der Waals surface area contributed by atoms with Crippen LogP contribution in [0.5, 0.6) is 0 Å². The maximum absolute atomic E-state index is 12.1. The zero-order valence-electron chi connectivity index (χ0n) is 11.0. The number of nitrogens with one attached hydrogen (secondary N) is 1. The van der Waals surface area contributed by atoms with Crippen LogP contribution in [0.4, 0.5) is 0 Å². The van der Waals surface area contributed by atoms with Gasteiger partial charge in [-0.2, -0.15) is 5.10 Å². The molecule has 7 heteroatoms. The van der Waals surface area contributed by atoms with Crippen LogP contribution in [0, 0.1) is 11.8 Å². The topological polar surface area (TPSA) is 101 Å². The highest BCUT2D eigenvalue weighted by atomic mass is 16.2. The van der Waals surface area contributed by atoms with E-state index < -0.39 is 0 Å². The van der Waals surface area contributed by atoms with Gasteiger partial charge in [-0.1, -0.05) is 11.8 Å². The summed E-state index contributed by atoms with van der Waals surface area (Å²) in [5, 5.41) is 6.43. The zero-order valence-corrected chi connectivity index (χ0v) is 11.0. The summed E-state index contributed by atoms with van der Waals surface area (Å²) in [4.78, 5) is 21.7. The number of amides is 1. The number of carbonyl (C=O) groups excluding carboxylic acids is 1. The van der Waals surface area contributed by atoms with Crippen LogP contribution in [-0.2, 0) is 6.54 Å². The molecule has 2 heterocycles. The molecule has 20 heavy (non-hydrogen) atoms. The lowest BCUT2D eigenvalue weighted by molar-refractivity contribution is 0.0776. The lowest BCUT2D eigenvalue weighted by Gasteiger charge is -2.14. The van der Waals surface area contributed by atoms with Crippen molar-refractivity contribution in [1.82, 2.24) is 25.1 Å². The zero-order chi connectivity index (χ0) is 14.4. The Morgan fingerprint density at radius 1 is 1.45 bits per heavy atom. The Balaban J connectivity index is 2.05. The van der Waals surface area contributed by atoms with E-state index in [1.807, 2.05) is 0 Å². The predicted octanol–water partition coefficient (Wildman–Crippen LogP) is -0.218. The number of nitrogens with zero attached hydrogens (tertiary/aromatic N) is 4. The van der Waals surface area contributed by atoms with E-state index in [0.717, 1.165) is 5.56 Å². The molecule has 0 radical (unpaired) electrons. The van der Waals surface area contributed by atoms with Crippen molar-refractivity contribution in [3.8, 4) is 11.8 Å². The average Bonchev–Trinajstić information content (AvgIpc) is 2.97. The van der Waals surface area contributed by atoms with E-state index in [2.05, 4.69) is 32.0 Å². The van der Waals surface area contributed by atoms with Crippen LogP contribution in [0.1, 0.15) is 21.9 Å². The first kappa shape index (κ1) is 13.7. The van der Waals surface area contributed by atoms with Crippen molar-refractivity contribution in [2.45, 2.75) is 6.54 Å². The Hall–Kier alpha value is -2.72. The molecule has 102 valence electrons. The highest BCUT2D eigenvalue weighted by Gasteiger charge is 2.14. The largest absolute Gasteiger partial charge is 0.333 e. The summed E-state index contributed by atoms with van der Waals surface area (Å²) in [5.41, 5.74) is 6.37. The lowest BCUT2D eigenvalue weighted by atomic mass is 10.2. The van der Waals surface area contributed by atoms with E-state index in [9.17, 15) is 4.79 Å². The van der Waals surface area contributed by atoms with Gasteiger partial charge in [0.05, 0.1) is 13.1 Å². The van der Waals surface area contributed by atoms with Crippen LogP contribution < -0.4 is 5.73 Å². The minimum Gasteiger partial charge on any atom is -0.333 e. The third-order valence-corrected chi connectivity index (χ3v) is 2.52. The monoisotopic (exact) mass is 270 g/mol. The number of H-pyrrole nitrogens is 1. The molecule has 0 saturated heterocycles. The molecule has 0 aromatic carbocycles. The van der Waals surface area contributed by atoms with Gasteiger partial charge in [0.2, 0.25) is 0 Å². The highest BCUT2D eigenvalue weighted by molar-refractivity contribution is 5.92. The van der Waals surface area contributed by atoms with E-state index >= 15 is 0 Å². The van der Waals surface area contributed by atoms with Crippen LogP contribution in [-0.4, -0.2) is 44.6 Å². The predicted molar refractivity (Wildman–Crippen MR) is 72.3 cm³/mol. The second kappa shape index (κ2) is 6.45. The van der Waals surface area contributed by atoms with Crippen molar-refractivity contribution in [1.29, 1.82) is 0 Å². The van der Waals surface area contributed by atoms with Crippen LogP contribution in [0.2, 0.25) is 0 Å². The fraction of sp³-hybridized carbons (Fsp3) is 0.231. The molecule has 3 N–H and O–H groups in total. The van der Waals surface area contributed by atoms with Gasteiger partial charge in [0, 0.05) is 18.8 Å². The molecule has 1 amide bonds. The van der Waals surface area contributed by atoms with Gasteiger partial charge in [-0.3, -0.25) is 9.89 Å². The Bertz CT molecular complexity index is 623. The minimum absolute atomic E-state index is 0.195. The summed E-state index contributed by atoms with van der Waals surface area (Å²) in [5.74, 6) is 6.00. The van der Waals surface area contributed by atoms with Gasteiger partial charge in [0.15, 0.2) is 0 Å². The van der Waals surface area contributed by atoms with E-state index in [1.165, 1.54) is 11.2 Å². The number of carbonyl (C=O) groups is 1. The Morgan fingerprint density at radius 3 is 2.90 bits per heavy atom. The van der Waals surface area contributed by atoms with Crippen molar-refractivity contribution >= 4 is 5.91 Å². The van der Waals surface area contributed by atoms with Crippen molar-refractivity contribution in [3.63, 3.8) is 0 Å². The van der Waals surface area contributed by atoms with Crippen molar-refractivity contribution < 1.29 is 4.79 Å². The lowest BCUT2D eigenvalue weighted by Crippen LogP contribution is -2.27. The van der Waals surface area contributed by atoms with Gasteiger partial charge in [-0.15, -0.1) is 0 Å². The van der Waals surface area contributed by atoms with E-state index in [0.29, 0.717) is 24.6 Å². The van der Waals surface area contributed by atoms with E-state index in [1.54, 1.807) is 25.4 Å². The van der Waals surface area contributed by atoms with Gasteiger partial charge in [0.25, 0.3) is 5.91 Å². The minimum atomic E-state index is -0.195. The molecule has 2 aromatic heterocycles. The first-order chi connectivity index (χ1) is 9.70. The Morgan fingerprint density at radius 2 is 2.30 bits per heavy atom. The highest BCUT2D eigenvalue weighted by Crippen LogP contribution is 2.04. The molecule has 2 rings (SSSR count). The van der Waals surface area contributed by atoms with Gasteiger partial charge in [-0.05, 0) is 12.1 Å². The maximum atomic E-state index is 12.1. The molecular weight excluding hydrogens is 256 g/mol. The van der Waals surface area contributed by atoms with Gasteiger partial charge < -0.3 is 10.6 Å². The quantitative estimate of drug-likeness (QED) is 0.751. The van der Waals surface area contributed by atoms with Crippen LogP contribution in [0.25, 0.3) is 0 Å². The molecule has 0 aliphatic heterocycles. The number of aromatic nitrogens is 4. The van der Waals surface area contributed by atoms with E-state index in [4.69, 9.17) is 5.73 Å². The molecule has 0 fully saturated rings. The summed E-state index contributed by atoms with van der Waals surface area (Å²) >= 11 is 0. The molecule has 0 spiro atoms. The number of hydrogen-bond acceptors (Lipinski definition) is 5. The van der Waals surface area contributed by atoms with Crippen LogP contribution in [0.15, 0.2) is 24.7 Å². The summed E-state index contributed by atoms with van der Waals surface area (Å²) in [6, 6.07) is 3.38. The molecule has 2 aromatic rings.